The van der Waals surface area contributed by atoms with E-state index in [1.54, 1.807) is 19.3 Å². The SMILES string of the molecule is CN/C=C1/C(N2CCCC(NC3CCC3)C2)=C(NC(=O)c2ccnc(-c3c(F)cccc3OC)n2)C=C(C(=O)O)C1N. The van der Waals surface area contributed by atoms with Gasteiger partial charge >= 0.3 is 5.97 Å². The van der Waals surface area contributed by atoms with Crippen LogP contribution in [0, 0.1) is 5.82 Å². The van der Waals surface area contributed by atoms with Crippen LogP contribution < -0.4 is 26.4 Å². The van der Waals surface area contributed by atoms with Crippen LogP contribution in [0.2, 0.25) is 0 Å². The van der Waals surface area contributed by atoms with Gasteiger partial charge in [-0.25, -0.2) is 19.2 Å². The topological polar surface area (TPSA) is 155 Å². The van der Waals surface area contributed by atoms with Crippen molar-refractivity contribution in [3.8, 4) is 17.1 Å². The van der Waals surface area contributed by atoms with Crippen molar-refractivity contribution >= 4 is 11.9 Å². The van der Waals surface area contributed by atoms with Crippen molar-refractivity contribution in [2.75, 3.05) is 27.2 Å². The number of carbonyl (C=O) groups is 2. The molecule has 0 radical (unpaired) electrons. The molecular weight excluding hydrogens is 541 g/mol. The fourth-order valence-electron chi connectivity index (χ4n) is 5.65. The molecule has 1 aromatic carbocycles. The maximum atomic E-state index is 14.7. The second-order valence-corrected chi connectivity index (χ2v) is 10.6. The minimum Gasteiger partial charge on any atom is -0.496 e. The summed E-state index contributed by atoms with van der Waals surface area (Å²) in [6.45, 7) is 1.40. The summed E-state index contributed by atoms with van der Waals surface area (Å²) >= 11 is 0. The van der Waals surface area contributed by atoms with E-state index in [1.807, 2.05) is 0 Å². The van der Waals surface area contributed by atoms with E-state index in [4.69, 9.17) is 10.5 Å². The van der Waals surface area contributed by atoms with Gasteiger partial charge in [-0.15, -0.1) is 0 Å². The number of hydrogen-bond donors (Lipinski definition) is 5. The number of aromatic nitrogens is 2. The Labute approximate surface area is 243 Å². The molecule has 6 N–H and O–H groups in total. The number of carboxylic acids is 1. The molecule has 0 spiro atoms. The van der Waals surface area contributed by atoms with E-state index in [1.165, 1.54) is 56.8 Å². The first-order valence-corrected chi connectivity index (χ1v) is 14.1. The highest BCUT2D eigenvalue weighted by Gasteiger charge is 2.35. The molecule has 1 amide bonds. The van der Waals surface area contributed by atoms with Gasteiger partial charge in [0, 0.05) is 50.2 Å². The predicted molar refractivity (Wildman–Crippen MR) is 155 cm³/mol. The molecule has 11 nitrogen and oxygen atoms in total. The Balaban J connectivity index is 1.52. The number of piperidine rings is 1. The average molecular weight is 578 g/mol. The number of carboxylic acid groups (broad SMARTS) is 1. The van der Waals surface area contributed by atoms with E-state index in [2.05, 4.69) is 30.8 Å². The Kier molecular flexibility index (Phi) is 8.83. The van der Waals surface area contributed by atoms with Crippen LogP contribution in [0.5, 0.6) is 5.75 Å². The summed E-state index contributed by atoms with van der Waals surface area (Å²) in [7, 11) is 3.12. The molecule has 1 aliphatic heterocycles. The lowest BCUT2D eigenvalue weighted by molar-refractivity contribution is -0.132. The summed E-state index contributed by atoms with van der Waals surface area (Å²) in [5.74, 6) is -2.18. The molecular formula is C30H36FN7O4. The number of nitrogens with two attached hydrogens (primary N) is 1. The summed E-state index contributed by atoms with van der Waals surface area (Å²) in [5.41, 5.74) is 7.92. The van der Waals surface area contributed by atoms with Crippen molar-refractivity contribution < 1.29 is 23.8 Å². The number of likely N-dealkylation sites (tertiary alicyclic amines) is 1. The smallest absolute Gasteiger partial charge is 0.333 e. The Hall–Kier alpha value is -4.29. The summed E-state index contributed by atoms with van der Waals surface area (Å²) < 4.78 is 20.0. The monoisotopic (exact) mass is 577 g/mol. The van der Waals surface area contributed by atoms with Gasteiger partial charge in [0.1, 0.15) is 17.3 Å². The number of allylic oxidation sites excluding steroid dienone is 1. The van der Waals surface area contributed by atoms with Crippen LogP contribution in [-0.2, 0) is 4.79 Å². The first-order valence-electron chi connectivity index (χ1n) is 14.1. The molecule has 2 unspecified atom stereocenters. The van der Waals surface area contributed by atoms with E-state index < -0.39 is 23.7 Å². The molecule has 2 heterocycles. The number of amides is 1. The van der Waals surface area contributed by atoms with Gasteiger partial charge in [-0.2, -0.15) is 0 Å². The molecule has 0 bridgehead atoms. The van der Waals surface area contributed by atoms with Crippen LogP contribution in [0.4, 0.5) is 4.39 Å². The summed E-state index contributed by atoms with van der Waals surface area (Å²) in [6, 6.07) is 5.61. The van der Waals surface area contributed by atoms with Crippen LogP contribution in [-0.4, -0.2) is 77.2 Å². The molecule has 42 heavy (non-hydrogen) atoms. The van der Waals surface area contributed by atoms with E-state index >= 15 is 0 Å². The van der Waals surface area contributed by atoms with Gasteiger partial charge in [0.15, 0.2) is 5.82 Å². The van der Waals surface area contributed by atoms with Crippen LogP contribution in [0.25, 0.3) is 11.4 Å². The Morgan fingerprint density at radius 2 is 1.98 bits per heavy atom. The molecule has 5 rings (SSSR count). The quantitative estimate of drug-likeness (QED) is 0.300. The highest BCUT2D eigenvalue weighted by molar-refractivity contribution is 5.96. The highest BCUT2D eigenvalue weighted by Crippen LogP contribution is 2.33. The number of carbonyl (C=O) groups excluding carboxylic acids is 1. The van der Waals surface area contributed by atoms with Crippen molar-refractivity contribution in [1.82, 2.24) is 30.8 Å². The average Bonchev–Trinajstić information content (AvgIpc) is 2.96. The number of ether oxygens (including phenoxy) is 1. The second-order valence-electron chi connectivity index (χ2n) is 10.6. The zero-order chi connectivity index (χ0) is 29.8. The van der Waals surface area contributed by atoms with Gasteiger partial charge in [0.05, 0.1) is 35.7 Å². The second kappa shape index (κ2) is 12.7. The lowest BCUT2D eigenvalue weighted by atomic mass is 9.88. The molecule has 1 saturated heterocycles. The molecule has 222 valence electrons. The minimum atomic E-state index is -1.19. The van der Waals surface area contributed by atoms with Crippen LogP contribution >= 0.6 is 0 Å². The van der Waals surface area contributed by atoms with Gasteiger partial charge in [-0.05, 0) is 50.0 Å². The number of hydrogen-bond acceptors (Lipinski definition) is 9. The standard InChI is InChI=1S/C30H36FN7O4/c1-33-15-20-26(32)19(30(40)41)14-23(27(20)38-13-5-8-18(16-38)35-17-6-3-7-17)37-29(39)22-11-12-34-28(36-22)25-21(31)9-4-10-24(25)42-2/h4,9-12,14-15,17-18,26,33,35H,3,5-8,13,16,32H2,1-2H3,(H,37,39)(H,40,41)/b20-15+. The van der Waals surface area contributed by atoms with Crippen LogP contribution in [0.3, 0.4) is 0 Å². The lowest BCUT2D eigenvalue weighted by Gasteiger charge is -2.42. The molecule has 2 aliphatic carbocycles. The summed E-state index contributed by atoms with van der Waals surface area (Å²) in [5, 5.41) is 19.6. The fraction of sp³-hybridized carbons (Fsp3) is 0.400. The summed E-state index contributed by atoms with van der Waals surface area (Å²) in [4.78, 5) is 36.4. The maximum Gasteiger partial charge on any atom is 0.333 e. The van der Waals surface area contributed by atoms with Crippen molar-refractivity contribution in [3.05, 3.63) is 76.8 Å². The number of nitrogens with zero attached hydrogens (tertiary/aromatic N) is 3. The summed E-state index contributed by atoms with van der Waals surface area (Å²) in [6.07, 6.45) is 9.97. The largest absolute Gasteiger partial charge is 0.496 e. The third-order valence-electron chi connectivity index (χ3n) is 7.91. The number of benzene rings is 1. The van der Waals surface area contributed by atoms with E-state index in [-0.39, 0.29) is 34.4 Å². The Morgan fingerprint density at radius 3 is 2.67 bits per heavy atom. The van der Waals surface area contributed by atoms with Gasteiger partial charge in [-0.1, -0.05) is 12.5 Å². The highest BCUT2D eigenvalue weighted by atomic mass is 19.1. The molecule has 2 aromatic rings. The third kappa shape index (κ3) is 6.00. The first-order chi connectivity index (χ1) is 20.3. The van der Waals surface area contributed by atoms with Crippen LogP contribution in [0.15, 0.2) is 65.3 Å². The number of rotatable bonds is 9. The van der Waals surface area contributed by atoms with Gasteiger partial charge < -0.3 is 36.4 Å². The van der Waals surface area contributed by atoms with Gasteiger partial charge in [0.2, 0.25) is 0 Å². The number of methoxy groups -OCH3 is 1. The molecule has 12 heteroatoms. The van der Waals surface area contributed by atoms with Gasteiger partial charge in [-0.3, -0.25) is 4.79 Å². The molecule has 3 aliphatic rings. The van der Waals surface area contributed by atoms with Crippen molar-refractivity contribution in [3.63, 3.8) is 0 Å². The van der Waals surface area contributed by atoms with Crippen molar-refractivity contribution in [1.29, 1.82) is 0 Å². The lowest BCUT2D eigenvalue weighted by Crippen LogP contribution is -2.52. The molecule has 2 atom stereocenters. The van der Waals surface area contributed by atoms with E-state index in [0.29, 0.717) is 36.1 Å². The number of nitrogens with one attached hydrogen (secondary N) is 3. The van der Waals surface area contributed by atoms with Gasteiger partial charge in [0.25, 0.3) is 5.91 Å². The molecule has 1 saturated carbocycles. The number of halogens is 1. The Bertz CT molecular complexity index is 1450. The fourth-order valence-corrected chi connectivity index (χ4v) is 5.65. The van der Waals surface area contributed by atoms with Crippen LogP contribution in [0.1, 0.15) is 42.6 Å². The zero-order valence-corrected chi connectivity index (χ0v) is 23.7. The van der Waals surface area contributed by atoms with Crippen molar-refractivity contribution in [2.24, 2.45) is 5.73 Å². The Morgan fingerprint density at radius 1 is 1.19 bits per heavy atom. The zero-order valence-electron chi connectivity index (χ0n) is 23.7. The molecule has 2 fully saturated rings. The normalized spacial score (nSPS) is 22.0. The third-order valence-corrected chi connectivity index (χ3v) is 7.91. The maximum absolute atomic E-state index is 14.7. The number of aliphatic carboxylic acids is 1. The predicted octanol–water partition coefficient (Wildman–Crippen LogP) is 2.29. The van der Waals surface area contributed by atoms with E-state index in [0.717, 1.165) is 12.8 Å². The minimum absolute atomic E-state index is 0.0176. The van der Waals surface area contributed by atoms with Crippen molar-refractivity contribution in [2.45, 2.75) is 50.2 Å². The van der Waals surface area contributed by atoms with E-state index in [9.17, 15) is 19.1 Å². The first kappa shape index (κ1) is 29.2. The molecule has 1 aromatic heterocycles.